The van der Waals surface area contributed by atoms with Crippen LogP contribution in [0.1, 0.15) is 41.6 Å². The quantitative estimate of drug-likeness (QED) is 0.837. The van der Waals surface area contributed by atoms with Crippen molar-refractivity contribution in [3.63, 3.8) is 0 Å². The van der Waals surface area contributed by atoms with Gasteiger partial charge in [-0.05, 0) is 38.5 Å². The largest absolute Gasteiger partial charge is 0.364 e. The van der Waals surface area contributed by atoms with Crippen LogP contribution < -0.4 is 11.1 Å². The summed E-state index contributed by atoms with van der Waals surface area (Å²) >= 11 is 1.67. The van der Waals surface area contributed by atoms with Gasteiger partial charge in [-0.25, -0.2) is 4.98 Å². The molecule has 1 aromatic heterocycles. The van der Waals surface area contributed by atoms with Crippen LogP contribution in [0.25, 0.3) is 0 Å². The molecule has 0 aromatic carbocycles. The SMILES string of the molecule is Cc1cnc(C(NC(=O)[C@@H]2CC[C@H](CN)O2)C2CC2)s1.Cl.Cl. The lowest BCUT2D eigenvalue weighted by Gasteiger charge is -2.19. The van der Waals surface area contributed by atoms with Gasteiger partial charge in [-0.3, -0.25) is 4.79 Å². The van der Waals surface area contributed by atoms with Crippen molar-refractivity contribution in [2.75, 3.05) is 6.54 Å². The van der Waals surface area contributed by atoms with Crippen LogP contribution in [0.2, 0.25) is 0 Å². The topological polar surface area (TPSA) is 77.2 Å². The van der Waals surface area contributed by atoms with E-state index in [2.05, 4.69) is 10.3 Å². The fourth-order valence-electron chi connectivity index (χ4n) is 2.64. The normalized spacial score (nSPS) is 25.0. The number of hydrogen-bond acceptors (Lipinski definition) is 5. The van der Waals surface area contributed by atoms with Crippen LogP contribution in [0.3, 0.4) is 0 Å². The van der Waals surface area contributed by atoms with E-state index in [1.807, 2.05) is 13.1 Å². The number of rotatable bonds is 5. The zero-order chi connectivity index (χ0) is 14.1. The minimum absolute atomic E-state index is 0. The molecule has 1 aliphatic carbocycles. The fraction of sp³-hybridized carbons (Fsp3) is 0.714. The lowest BCUT2D eigenvalue weighted by atomic mass is 10.1. The first kappa shape index (κ1) is 19.6. The number of carbonyl (C=O) groups is 1. The summed E-state index contributed by atoms with van der Waals surface area (Å²) in [6, 6.07) is 0.0572. The van der Waals surface area contributed by atoms with E-state index >= 15 is 0 Å². The van der Waals surface area contributed by atoms with Gasteiger partial charge in [0.2, 0.25) is 5.91 Å². The van der Waals surface area contributed by atoms with Crippen molar-refractivity contribution in [1.29, 1.82) is 0 Å². The molecule has 1 amide bonds. The first-order valence-electron chi connectivity index (χ1n) is 7.25. The molecule has 0 spiro atoms. The molecule has 1 saturated carbocycles. The zero-order valence-corrected chi connectivity index (χ0v) is 14.9. The minimum atomic E-state index is -0.342. The standard InChI is InChI=1S/C14H21N3O2S.2ClH/c1-8-7-16-14(20-8)12(9-2-3-9)17-13(18)11-5-4-10(6-15)19-11;;/h7,9-12H,2-6,15H2,1H3,(H,17,18);2*1H/t10-,11+,12?;;/m1../s1. The Balaban J connectivity index is 0.00000121. The lowest BCUT2D eigenvalue weighted by Crippen LogP contribution is -2.38. The van der Waals surface area contributed by atoms with E-state index in [-0.39, 0.29) is 49.0 Å². The number of aryl methyl sites for hydroxylation is 1. The Morgan fingerprint density at radius 1 is 1.45 bits per heavy atom. The molecule has 2 heterocycles. The number of carbonyl (C=O) groups excluding carboxylic acids is 1. The highest BCUT2D eigenvalue weighted by Gasteiger charge is 2.38. The van der Waals surface area contributed by atoms with Crippen LogP contribution in [0.4, 0.5) is 0 Å². The Hall–Kier alpha value is -0.400. The van der Waals surface area contributed by atoms with Gasteiger partial charge in [0.15, 0.2) is 0 Å². The highest BCUT2D eigenvalue weighted by atomic mass is 35.5. The van der Waals surface area contributed by atoms with Gasteiger partial charge in [-0.1, -0.05) is 0 Å². The monoisotopic (exact) mass is 367 g/mol. The molecular weight excluding hydrogens is 345 g/mol. The summed E-state index contributed by atoms with van der Waals surface area (Å²) in [5, 5.41) is 4.16. The average Bonchev–Trinajstić information content (AvgIpc) is 3.00. The third kappa shape index (κ3) is 4.55. The van der Waals surface area contributed by atoms with Crippen molar-refractivity contribution >= 4 is 42.1 Å². The van der Waals surface area contributed by atoms with Gasteiger partial charge in [0.1, 0.15) is 11.1 Å². The average molecular weight is 368 g/mol. The maximum Gasteiger partial charge on any atom is 0.249 e. The van der Waals surface area contributed by atoms with E-state index in [0.717, 1.165) is 17.8 Å². The molecule has 8 heteroatoms. The van der Waals surface area contributed by atoms with Crippen molar-refractivity contribution in [3.8, 4) is 0 Å². The van der Waals surface area contributed by atoms with Crippen molar-refractivity contribution in [2.45, 2.75) is 50.9 Å². The van der Waals surface area contributed by atoms with Gasteiger partial charge in [-0.15, -0.1) is 36.2 Å². The molecule has 0 radical (unpaired) electrons. The predicted molar refractivity (Wildman–Crippen MR) is 91.9 cm³/mol. The summed E-state index contributed by atoms with van der Waals surface area (Å²) in [5.41, 5.74) is 5.58. The molecule has 2 fully saturated rings. The Morgan fingerprint density at radius 2 is 2.18 bits per heavy atom. The number of nitrogens with one attached hydrogen (secondary N) is 1. The molecule has 1 aromatic rings. The fourth-order valence-corrected chi connectivity index (χ4v) is 3.56. The molecule has 2 aliphatic rings. The number of aromatic nitrogens is 1. The Morgan fingerprint density at radius 3 is 2.68 bits per heavy atom. The maximum atomic E-state index is 12.3. The molecule has 5 nitrogen and oxygen atoms in total. The molecule has 22 heavy (non-hydrogen) atoms. The summed E-state index contributed by atoms with van der Waals surface area (Å²) in [5.74, 6) is 0.530. The molecule has 126 valence electrons. The molecule has 3 N–H and O–H groups in total. The second-order valence-electron chi connectivity index (χ2n) is 5.69. The van der Waals surface area contributed by atoms with Crippen LogP contribution in [-0.4, -0.2) is 29.6 Å². The van der Waals surface area contributed by atoms with E-state index < -0.39 is 0 Å². The number of nitrogens with two attached hydrogens (primary N) is 1. The summed E-state index contributed by atoms with van der Waals surface area (Å²) in [4.78, 5) is 17.9. The van der Waals surface area contributed by atoms with Gasteiger partial charge in [0, 0.05) is 17.6 Å². The summed E-state index contributed by atoms with van der Waals surface area (Å²) < 4.78 is 5.66. The summed E-state index contributed by atoms with van der Waals surface area (Å²) in [6.07, 6.45) is 5.54. The lowest BCUT2D eigenvalue weighted by molar-refractivity contribution is -0.132. The molecule has 0 bridgehead atoms. The molecule has 1 aliphatic heterocycles. The van der Waals surface area contributed by atoms with E-state index in [9.17, 15) is 4.79 Å². The number of nitrogens with zero attached hydrogens (tertiary/aromatic N) is 1. The second kappa shape index (κ2) is 8.45. The Bertz CT molecular complexity index is 496. The predicted octanol–water partition coefficient (Wildman–Crippen LogP) is 2.37. The Labute approximate surface area is 147 Å². The van der Waals surface area contributed by atoms with Gasteiger partial charge in [0.05, 0.1) is 12.1 Å². The summed E-state index contributed by atoms with van der Waals surface area (Å²) in [6.45, 7) is 2.53. The van der Waals surface area contributed by atoms with Crippen LogP contribution in [0.5, 0.6) is 0 Å². The first-order valence-corrected chi connectivity index (χ1v) is 8.07. The smallest absolute Gasteiger partial charge is 0.249 e. The van der Waals surface area contributed by atoms with Crippen LogP contribution >= 0.6 is 36.2 Å². The van der Waals surface area contributed by atoms with Crippen LogP contribution in [0, 0.1) is 12.8 Å². The number of ether oxygens (including phenoxy) is 1. The number of thiazole rings is 1. The van der Waals surface area contributed by atoms with Crippen molar-refractivity contribution < 1.29 is 9.53 Å². The molecular formula is C14H23Cl2N3O2S. The third-order valence-electron chi connectivity index (χ3n) is 3.96. The third-order valence-corrected chi connectivity index (χ3v) is 4.96. The van der Waals surface area contributed by atoms with Crippen molar-refractivity contribution in [1.82, 2.24) is 10.3 Å². The molecule has 1 saturated heterocycles. The number of hydrogen-bond donors (Lipinski definition) is 2. The molecule has 3 rings (SSSR count). The number of halogens is 2. The van der Waals surface area contributed by atoms with Crippen LogP contribution in [-0.2, 0) is 9.53 Å². The molecule has 1 unspecified atom stereocenters. The van der Waals surface area contributed by atoms with Gasteiger partial charge in [0.25, 0.3) is 0 Å². The molecule has 3 atom stereocenters. The van der Waals surface area contributed by atoms with Gasteiger partial charge >= 0.3 is 0 Å². The highest BCUT2D eigenvalue weighted by Crippen LogP contribution is 2.42. The maximum absolute atomic E-state index is 12.3. The van der Waals surface area contributed by atoms with E-state index in [1.54, 1.807) is 11.3 Å². The Kier molecular flexibility index (Phi) is 7.55. The van der Waals surface area contributed by atoms with E-state index in [1.165, 1.54) is 17.7 Å². The summed E-state index contributed by atoms with van der Waals surface area (Å²) in [7, 11) is 0. The van der Waals surface area contributed by atoms with E-state index in [4.69, 9.17) is 10.5 Å². The highest BCUT2D eigenvalue weighted by molar-refractivity contribution is 7.11. The van der Waals surface area contributed by atoms with Gasteiger partial charge < -0.3 is 15.8 Å². The minimum Gasteiger partial charge on any atom is -0.364 e. The van der Waals surface area contributed by atoms with Gasteiger partial charge in [-0.2, -0.15) is 0 Å². The first-order chi connectivity index (χ1) is 9.67. The second-order valence-corrected chi connectivity index (χ2v) is 6.96. The van der Waals surface area contributed by atoms with Crippen molar-refractivity contribution in [2.24, 2.45) is 11.7 Å². The van der Waals surface area contributed by atoms with Crippen molar-refractivity contribution in [3.05, 3.63) is 16.1 Å². The van der Waals surface area contributed by atoms with E-state index in [0.29, 0.717) is 12.5 Å². The van der Waals surface area contributed by atoms with Crippen LogP contribution in [0.15, 0.2) is 6.20 Å². The number of amides is 1. The zero-order valence-electron chi connectivity index (χ0n) is 12.5.